The highest BCUT2D eigenvalue weighted by Crippen LogP contribution is 3.04. The minimum atomic E-state index is 0.708. The van der Waals surface area contributed by atoms with E-state index in [1.165, 1.54) is 94.7 Å². The van der Waals surface area contributed by atoms with Crippen molar-refractivity contribution in [1.82, 2.24) is 0 Å². The molecule has 12 aliphatic carbocycles. The summed E-state index contributed by atoms with van der Waals surface area (Å²) in [5, 5.41) is 0. The first kappa shape index (κ1) is 9.69. The summed E-state index contributed by atoms with van der Waals surface area (Å²) >= 11 is 6.95. The zero-order valence-corrected chi connectivity index (χ0v) is 13.3. The monoisotopic (exact) mass is 308 g/mol. The van der Waals surface area contributed by atoms with Gasteiger partial charge < -0.3 is 0 Å². The van der Waals surface area contributed by atoms with Crippen LogP contribution in [0, 0.1) is 118 Å². The number of rotatable bonds is 1. The van der Waals surface area contributed by atoms with Crippen molar-refractivity contribution in [3.8, 4) is 0 Å². The van der Waals surface area contributed by atoms with E-state index in [0.29, 0.717) is 5.41 Å². The molecule has 12 saturated carbocycles. The standard InChI is InChI=1S/C21H21Cl/c22-1-21-18-12-6-3-2-4-8(6)14(18)16-10(4)11-5(2)9-7(3)13(12)19(21)15(9)17(11)20(16)21/h2-20H,1H2. The van der Waals surface area contributed by atoms with Crippen molar-refractivity contribution in [1.29, 1.82) is 0 Å². The predicted molar refractivity (Wildman–Crippen MR) is 79.5 cm³/mol. The Bertz CT molecular complexity index is 626. The van der Waals surface area contributed by atoms with Gasteiger partial charge in [0.25, 0.3) is 0 Å². The first-order chi connectivity index (χ1) is 10.9. The molecule has 0 N–H and O–H groups in total. The number of hydrogen-bond acceptors (Lipinski definition) is 0. The summed E-state index contributed by atoms with van der Waals surface area (Å²) in [6.07, 6.45) is 0. The van der Waals surface area contributed by atoms with Crippen molar-refractivity contribution in [2.24, 2.45) is 118 Å². The molecule has 12 rings (SSSR count). The summed E-state index contributed by atoms with van der Waals surface area (Å²) in [5.74, 6) is 24.5. The highest BCUT2D eigenvalue weighted by atomic mass is 35.5. The third kappa shape index (κ3) is 0.452. The van der Waals surface area contributed by atoms with Crippen molar-refractivity contribution >= 4 is 11.6 Å². The van der Waals surface area contributed by atoms with Gasteiger partial charge in [-0.3, -0.25) is 0 Å². The molecule has 22 heavy (non-hydrogen) atoms. The lowest BCUT2D eigenvalue weighted by molar-refractivity contribution is 0.108. The van der Waals surface area contributed by atoms with E-state index in [0.717, 1.165) is 23.6 Å². The molecule has 112 valence electrons. The average Bonchev–Trinajstić information content (AvgIpc) is 3.18. The van der Waals surface area contributed by atoms with Gasteiger partial charge in [-0.25, -0.2) is 0 Å². The topological polar surface area (TPSA) is 0 Å². The molecule has 1 heteroatoms. The van der Waals surface area contributed by atoms with Gasteiger partial charge in [-0.15, -0.1) is 11.6 Å². The SMILES string of the molecule is ClCC12C3C4C5C6C7C8C5C3C3C8C5C7C7C6C4C1C7C5C32. The third-order valence-corrected chi connectivity index (χ3v) is 14.4. The van der Waals surface area contributed by atoms with Gasteiger partial charge >= 0.3 is 0 Å². The lowest BCUT2D eigenvalue weighted by Crippen LogP contribution is -2.37. The molecular formula is C21H21Cl. The molecule has 0 spiro atoms. The molecule has 0 saturated heterocycles. The fraction of sp³-hybridized carbons (Fsp3) is 1.00. The Labute approximate surface area is 135 Å². The van der Waals surface area contributed by atoms with E-state index in [4.69, 9.17) is 11.6 Å². The zero-order valence-electron chi connectivity index (χ0n) is 12.6. The van der Waals surface area contributed by atoms with Gasteiger partial charge in [0.15, 0.2) is 0 Å². The van der Waals surface area contributed by atoms with Crippen molar-refractivity contribution in [2.45, 2.75) is 0 Å². The van der Waals surface area contributed by atoms with E-state index in [-0.39, 0.29) is 0 Å². The van der Waals surface area contributed by atoms with Crippen molar-refractivity contribution in [3.05, 3.63) is 0 Å². The second-order valence-corrected chi connectivity index (χ2v) is 12.3. The summed E-state index contributed by atoms with van der Waals surface area (Å²) in [6, 6.07) is 0. The second kappa shape index (κ2) is 2.12. The van der Waals surface area contributed by atoms with Crippen LogP contribution in [0.25, 0.3) is 0 Å². The van der Waals surface area contributed by atoms with E-state index in [1.807, 2.05) is 0 Å². The summed E-state index contributed by atoms with van der Waals surface area (Å²) in [7, 11) is 0. The Balaban J connectivity index is 1.46. The van der Waals surface area contributed by atoms with E-state index >= 15 is 0 Å². The number of hydrogen-bond donors (Lipinski definition) is 0. The smallest absolute Gasteiger partial charge is 0.0288 e. The van der Waals surface area contributed by atoms with Crippen LogP contribution < -0.4 is 0 Å². The van der Waals surface area contributed by atoms with Crippen LogP contribution in [-0.4, -0.2) is 5.88 Å². The molecule has 0 aliphatic heterocycles. The maximum Gasteiger partial charge on any atom is 0.0288 e. The fourth-order valence-corrected chi connectivity index (χ4v) is 16.5. The van der Waals surface area contributed by atoms with Crippen LogP contribution >= 0.6 is 11.6 Å². The fourth-order valence-electron chi connectivity index (χ4n) is 16.0. The average molecular weight is 309 g/mol. The summed E-state index contributed by atoms with van der Waals surface area (Å²) in [6.45, 7) is 0. The molecule has 12 aliphatic rings. The van der Waals surface area contributed by atoms with Gasteiger partial charge in [-0.05, 0) is 118 Å². The molecule has 12 unspecified atom stereocenters. The quantitative estimate of drug-likeness (QED) is 0.653. The van der Waals surface area contributed by atoms with Crippen LogP contribution in [0.1, 0.15) is 0 Å². The molecule has 12 fully saturated rings. The van der Waals surface area contributed by atoms with E-state index in [1.54, 1.807) is 0 Å². The van der Waals surface area contributed by atoms with Gasteiger partial charge in [0.1, 0.15) is 0 Å². The minimum absolute atomic E-state index is 0.708. The minimum Gasteiger partial charge on any atom is -0.126 e. The maximum absolute atomic E-state index is 6.95. The molecule has 0 aromatic carbocycles. The van der Waals surface area contributed by atoms with Gasteiger partial charge in [-0.1, -0.05) is 0 Å². The van der Waals surface area contributed by atoms with E-state index in [9.17, 15) is 0 Å². The number of halogens is 1. The van der Waals surface area contributed by atoms with Crippen molar-refractivity contribution < 1.29 is 0 Å². The number of alkyl halides is 1. The van der Waals surface area contributed by atoms with Crippen LogP contribution in [0.15, 0.2) is 0 Å². The lowest BCUT2D eigenvalue weighted by Gasteiger charge is -2.38. The van der Waals surface area contributed by atoms with Crippen LogP contribution in [0.4, 0.5) is 0 Å². The van der Waals surface area contributed by atoms with Crippen molar-refractivity contribution in [3.63, 3.8) is 0 Å². The molecule has 0 bridgehead atoms. The summed E-state index contributed by atoms with van der Waals surface area (Å²) < 4.78 is 0. The van der Waals surface area contributed by atoms with Crippen molar-refractivity contribution in [2.75, 3.05) is 5.88 Å². The molecule has 0 aromatic rings. The van der Waals surface area contributed by atoms with Crippen LogP contribution in [0.3, 0.4) is 0 Å². The van der Waals surface area contributed by atoms with Crippen LogP contribution in [-0.2, 0) is 0 Å². The van der Waals surface area contributed by atoms with Gasteiger partial charge in [-0.2, -0.15) is 0 Å². The molecule has 12 atom stereocenters. The molecule has 0 radical (unpaired) electrons. The summed E-state index contributed by atoms with van der Waals surface area (Å²) in [4.78, 5) is 0. The van der Waals surface area contributed by atoms with E-state index < -0.39 is 0 Å². The largest absolute Gasteiger partial charge is 0.126 e. The molecular weight excluding hydrogens is 288 g/mol. The Morgan fingerprint density at radius 1 is 0.409 bits per heavy atom. The third-order valence-electron chi connectivity index (χ3n) is 13.9. The predicted octanol–water partition coefficient (Wildman–Crippen LogP) is 3.07. The molecule has 0 amide bonds. The normalized spacial score (nSPS) is 103. The molecule has 0 heterocycles. The Hall–Kier alpha value is 0.290. The second-order valence-electron chi connectivity index (χ2n) is 12.1. The lowest BCUT2D eigenvalue weighted by atomic mass is 9.68. The Morgan fingerprint density at radius 3 is 0.864 bits per heavy atom. The van der Waals surface area contributed by atoms with Gasteiger partial charge in [0.05, 0.1) is 0 Å². The first-order valence-corrected chi connectivity index (χ1v) is 11.0. The zero-order chi connectivity index (χ0) is 13.2. The maximum atomic E-state index is 6.95. The highest BCUT2D eigenvalue weighted by molar-refractivity contribution is 6.18. The van der Waals surface area contributed by atoms with Crippen LogP contribution in [0.2, 0.25) is 0 Å². The molecule has 0 aromatic heterocycles. The van der Waals surface area contributed by atoms with E-state index in [2.05, 4.69) is 0 Å². The summed E-state index contributed by atoms with van der Waals surface area (Å²) in [5.41, 5.74) is 0.708. The van der Waals surface area contributed by atoms with Crippen LogP contribution in [0.5, 0.6) is 0 Å². The Morgan fingerprint density at radius 2 is 0.636 bits per heavy atom. The van der Waals surface area contributed by atoms with Gasteiger partial charge in [0, 0.05) is 5.88 Å². The highest BCUT2D eigenvalue weighted by Gasteiger charge is 3.01. The molecule has 0 nitrogen and oxygen atoms in total. The first-order valence-electron chi connectivity index (χ1n) is 10.5. The Kier molecular flexibility index (Phi) is 0.934. The van der Waals surface area contributed by atoms with Gasteiger partial charge in [0.2, 0.25) is 0 Å².